The highest BCUT2D eigenvalue weighted by molar-refractivity contribution is 9.10. The Bertz CT molecular complexity index is 363. The molecule has 2 rings (SSSR count). The van der Waals surface area contributed by atoms with E-state index in [2.05, 4.69) is 38.1 Å². The molecule has 2 unspecified atom stereocenters. The lowest BCUT2D eigenvalue weighted by Gasteiger charge is -2.26. The molecule has 0 aromatic carbocycles. The molecule has 94 valence electrons. The summed E-state index contributed by atoms with van der Waals surface area (Å²) in [6.45, 7) is 3.28. The summed E-state index contributed by atoms with van der Waals surface area (Å²) in [4.78, 5) is 8.41. The van der Waals surface area contributed by atoms with Gasteiger partial charge in [0.25, 0.3) is 0 Å². The number of rotatable bonds is 3. The van der Waals surface area contributed by atoms with Crippen LogP contribution in [0.3, 0.4) is 0 Å². The fourth-order valence-corrected chi connectivity index (χ4v) is 2.90. The van der Waals surface area contributed by atoms with Crippen LogP contribution in [0.2, 0.25) is 0 Å². The van der Waals surface area contributed by atoms with Crippen LogP contribution in [0.25, 0.3) is 0 Å². The summed E-state index contributed by atoms with van der Waals surface area (Å²) in [5.41, 5.74) is 5.67. The Hall–Kier alpha value is -0.840. The Morgan fingerprint density at radius 1 is 1.47 bits per heavy atom. The van der Waals surface area contributed by atoms with Crippen LogP contribution in [-0.4, -0.2) is 16.5 Å². The van der Waals surface area contributed by atoms with Crippen molar-refractivity contribution in [2.75, 3.05) is 17.6 Å². The lowest BCUT2D eigenvalue weighted by molar-refractivity contribution is 0.293. The summed E-state index contributed by atoms with van der Waals surface area (Å²) in [5, 5.41) is 3.28. The topological polar surface area (TPSA) is 63.8 Å². The van der Waals surface area contributed by atoms with Crippen molar-refractivity contribution >= 4 is 27.7 Å². The van der Waals surface area contributed by atoms with E-state index in [9.17, 15) is 0 Å². The number of halogens is 1. The Balaban J connectivity index is 1.88. The minimum absolute atomic E-state index is 0.492. The molecule has 3 N–H and O–H groups in total. The summed E-state index contributed by atoms with van der Waals surface area (Å²) in [6.07, 6.45) is 5.32. The van der Waals surface area contributed by atoms with E-state index < -0.39 is 0 Å². The van der Waals surface area contributed by atoms with E-state index in [1.807, 2.05) is 0 Å². The zero-order valence-corrected chi connectivity index (χ0v) is 11.7. The minimum atomic E-state index is 0.492. The van der Waals surface area contributed by atoms with Gasteiger partial charge in [0.15, 0.2) is 0 Å². The summed E-state index contributed by atoms with van der Waals surface area (Å²) < 4.78 is 0.726. The second-order valence-corrected chi connectivity index (χ2v) is 5.77. The number of hydrogen-bond donors (Lipinski definition) is 2. The first kappa shape index (κ1) is 12.6. The fourth-order valence-electron chi connectivity index (χ4n) is 2.49. The standard InChI is InChI=1S/C12H19BrN4/c1-8-3-2-4-9(5-8)7-15-12-16-10(13)6-11(14)17-12/h6,8-9H,2-5,7H2,1H3,(H3,14,15,16,17). The Labute approximate surface area is 111 Å². The molecular weight excluding hydrogens is 280 g/mol. The number of anilines is 2. The maximum absolute atomic E-state index is 5.67. The molecule has 1 fully saturated rings. The quantitative estimate of drug-likeness (QED) is 0.842. The number of nitrogen functional groups attached to an aromatic ring is 1. The molecule has 1 heterocycles. The van der Waals surface area contributed by atoms with Crippen molar-refractivity contribution < 1.29 is 0 Å². The van der Waals surface area contributed by atoms with Gasteiger partial charge in [0.2, 0.25) is 5.95 Å². The van der Waals surface area contributed by atoms with Crippen LogP contribution >= 0.6 is 15.9 Å². The third kappa shape index (κ3) is 3.84. The number of hydrogen-bond acceptors (Lipinski definition) is 4. The second-order valence-electron chi connectivity index (χ2n) is 4.96. The number of nitrogens with one attached hydrogen (secondary N) is 1. The van der Waals surface area contributed by atoms with Crippen LogP contribution in [0.5, 0.6) is 0 Å². The zero-order chi connectivity index (χ0) is 12.3. The van der Waals surface area contributed by atoms with E-state index in [0.717, 1.165) is 23.0 Å². The van der Waals surface area contributed by atoms with Crippen molar-refractivity contribution in [2.24, 2.45) is 11.8 Å². The van der Waals surface area contributed by atoms with E-state index in [1.54, 1.807) is 6.07 Å². The molecule has 1 aromatic heterocycles. The normalized spacial score (nSPS) is 24.6. The summed E-state index contributed by atoms with van der Waals surface area (Å²) in [5.74, 6) is 2.70. The van der Waals surface area contributed by atoms with Gasteiger partial charge in [-0.2, -0.15) is 4.98 Å². The molecule has 1 aliphatic carbocycles. The van der Waals surface area contributed by atoms with Crippen LogP contribution in [-0.2, 0) is 0 Å². The Morgan fingerprint density at radius 3 is 3.00 bits per heavy atom. The third-order valence-electron chi connectivity index (χ3n) is 3.31. The molecule has 17 heavy (non-hydrogen) atoms. The molecule has 0 amide bonds. The van der Waals surface area contributed by atoms with Gasteiger partial charge in [0.1, 0.15) is 10.4 Å². The summed E-state index contributed by atoms with van der Waals surface area (Å²) in [7, 11) is 0. The van der Waals surface area contributed by atoms with Gasteiger partial charge >= 0.3 is 0 Å². The average Bonchev–Trinajstić information content (AvgIpc) is 2.25. The molecule has 1 saturated carbocycles. The molecule has 0 aliphatic heterocycles. The van der Waals surface area contributed by atoms with E-state index in [0.29, 0.717) is 11.8 Å². The first-order chi connectivity index (χ1) is 8.13. The maximum Gasteiger partial charge on any atom is 0.225 e. The van der Waals surface area contributed by atoms with Crippen LogP contribution in [0, 0.1) is 11.8 Å². The lowest BCUT2D eigenvalue weighted by atomic mass is 9.82. The fraction of sp³-hybridized carbons (Fsp3) is 0.667. The first-order valence-corrected chi connectivity index (χ1v) is 6.96. The summed E-state index contributed by atoms with van der Waals surface area (Å²) >= 11 is 3.32. The van der Waals surface area contributed by atoms with Gasteiger partial charge in [-0.05, 0) is 40.6 Å². The molecule has 0 spiro atoms. The van der Waals surface area contributed by atoms with Crippen LogP contribution in [0.4, 0.5) is 11.8 Å². The first-order valence-electron chi connectivity index (χ1n) is 6.17. The van der Waals surface area contributed by atoms with Gasteiger partial charge in [-0.15, -0.1) is 0 Å². The highest BCUT2D eigenvalue weighted by Gasteiger charge is 2.18. The molecule has 4 nitrogen and oxygen atoms in total. The molecule has 0 bridgehead atoms. The lowest BCUT2D eigenvalue weighted by Crippen LogP contribution is -2.21. The highest BCUT2D eigenvalue weighted by Crippen LogP contribution is 2.28. The van der Waals surface area contributed by atoms with Gasteiger partial charge in [0.05, 0.1) is 0 Å². The molecular formula is C12H19BrN4. The predicted molar refractivity (Wildman–Crippen MR) is 73.8 cm³/mol. The van der Waals surface area contributed by atoms with Gasteiger partial charge in [0, 0.05) is 12.6 Å². The van der Waals surface area contributed by atoms with E-state index >= 15 is 0 Å². The Kier molecular flexibility index (Phi) is 4.20. The minimum Gasteiger partial charge on any atom is -0.383 e. The largest absolute Gasteiger partial charge is 0.383 e. The smallest absolute Gasteiger partial charge is 0.225 e. The van der Waals surface area contributed by atoms with Crippen molar-refractivity contribution in [3.8, 4) is 0 Å². The average molecular weight is 299 g/mol. The molecule has 0 saturated heterocycles. The Morgan fingerprint density at radius 2 is 2.29 bits per heavy atom. The van der Waals surface area contributed by atoms with Crippen molar-refractivity contribution in [2.45, 2.75) is 32.6 Å². The molecule has 1 aliphatic rings. The maximum atomic E-state index is 5.67. The van der Waals surface area contributed by atoms with Crippen molar-refractivity contribution in [1.29, 1.82) is 0 Å². The molecule has 5 heteroatoms. The zero-order valence-electron chi connectivity index (χ0n) is 10.1. The molecule has 1 aromatic rings. The van der Waals surface area contributed by atoms with Gasteiger partial charge in [-0.1, -0.05) is 19.8 Å². The van der Waals surface area contributed by atoms with E-state index in [4.69, 9.17) is 5.73 Å². The van der Waals surface area contributed by atoms with E-state index in [-0.39, 0.29) is 0 Å². The predicted octanol–water partition coefficient (Wildman–Crippen LogP) is 3.06. The van der Waals surface area contributed by atoms with E-state index in [1.165, 1.54) is 25.7 Å². The number of aromatic nitrogens is 2. The van der Waals surface area contributed by atoms with Crippen LogP contribution in [0.1, 0.15) is 32.6 Å². The SMILES string of the molecule is CC1CCCC(CNc2nc(N)cc(Br)n2)C1. The number of nitrogens with zero attached hydrogens (tertiary/aromatic N) is 2. The second kappa shape index (κ2) is 5.67. The van der Waals surface area contributed by atoms with Gasteiger partial charge < -0.3 is 11.1 Å². The van der Waals surface area contributed by atoms with Crippen LogP contribution < -0.4 is 11.1 Å². The van der Waals surface area contributed by atoms with Crippen molar-refractivity contribution in [3.05, 3.63) is 10.7 Å². The van der Waals surface area contributed by atoms with Crippen molar-refractivity contribution in [1.82, 2.24) is 9.97 Å². The summed E-state index contributed by atoms with van der Waals surface area (Å²) in [6, 6.07) is 1.70. The third-order valence-corrected chi connectivity index (χ3v) is 3.71. The monoisotopic (exact) mass is 298 g/mol. The van der Waals surface area contributed by atoms with Crippen molar-refractivity contribution in [3.63, 3.8) is 0 Å². The van der Waals surface area contributed by atoms with Gasteiger partial charge in [-0.3, -0.25) is 0 Å². The highest BCUT2D eigenvalue weighted by atomic mass is 79.9. The van der Waals surface area contributed by atoms with Gasteiger partial charge in [-0.25, -0.2) is 4.98 Å². The molecule has 2 atom stereocenters. The van der Waals surface area contributed by atoms with Crippen LogP contribution in [0.15, 0.2) is 10.7 Å². The molecule has 0 radical (unpaired) electrons. The number of nitrogens with two attached hydrogens (primary N) is 1.